The van der Waals surface area contributed by atoms with E-state index in [0.29, 0.717) is 3.63 Å². The van der Waals surface area contributed by atoms with Crippen molar-refractivity contribution < 1.29 is 49.5 Å². The molecule has 0 heterocycles. The maximum atomic E-state index is 2.31. The zero-order valence-corrected chi connectivity index (χ0v) is 12.4. The van der Waals surface area contributed by atoms with Gasteiger partial charge < -0.3 is 24.8 Å². The average molecular weight is 327 g/mol. The van der Waals surface area contributed by atoms with Crippen LogP contribution in [0.3, 0.4) is 0 Å². The van der Waals surface area contributed by atoms with Crippen LogP contribution in [0.1, 0.15) is 14.8 Å². The Balaban J connectivity index is 0.000000640. The van der Waals surface area contributed by atoms with Crippen molar-refractivity contribution in [2.24, 2.45) is 0 Å². The molecule has 0 N–H and O–H groups in total. The van der Waals surface area contributed by atoms with Gasteiger partial charge in [0.2, 0.25) is 0 Å². The number of rotatable bonds is 0. The Morgan fingerprint density at radius 1 is 0.938 bits per heavy atom. The van der Waals surface area contributed by atoms with Crippen LogP contribution in [0.15, 0.2) is 42.5 Å². The summed E-state index contributed by atoms with van der Waals surface area (Å²) in [6, 6.07) is 13.1. The fourth-order valence-corrected chi connectivity index (χ4v) is 2.92. The Bertz CT molecular complexity index is 534. The van der Waals surface area contributed by atoms with Crippen LogP contribution in [0.5, 0.6) is 0 Å². The molecule has 0 aromatic heterocycles. The molecule has 1 atom stereocenters. The fraction of sp³-hybridized carbons (Fsp3) is 0.0769. The Kier molecular flexibility index (Phi) is 4.79. The number of benzene rings is 2. The predicted molar refractivity (Wildman–Crippen MR) is 55.7 cm³/mol. The molecule has 1 unspecified atom stereocenters. The van der Waals surface area contributed by atoms with Crippen molar-refractivity contribution in [1.29, 1.82) is 0 Å². The average Bonchev–Trinajstić information content (AvgIpc) is 2.61. The van der Waals surface area contributed by atoms with E-state index in [1.807, 2.05) is 0 Å². The third kappa shape index (κ3) is 2.14. The standard InChI is InChI=1S/C13H9.2ClH.Zr/c1-2-6-12-10(4-1)8-9-11-5-3-7-13(11)12;;;/h1-9H;2*1H;/q;;;+2/p-2. The maximum absolute atomic E-state index is 2.31. The molecule has 0 saturated carbocycles. The molecule has 0 bridgehead atoms. The van der Waals surface area contributed by atoms with Crippen molar-refractivity contribution >= 4 is 16.8 Å². The number of allylic oxidation sites excluding steroid dienone is 1. The zero-order chi connectivity index (χ0) is 9.54. The Morgan fingerprint density at radius 2 is 1.69 bits per heavy atom. The van der Waals surface area contributed by atoms with Gasteiger partial charge in [0.25, 0.3) is 0 Å². The molecule has 0 radical (unpaired) electrons. The summed E-state index contributed by atoms with van der Waals surface area (Å²) in [6.07, 6.45) is 4.59. The topological polar surface area (TPSA) is 0 Å². The number of hydrogen-bond acceptors (Lipinski definition) is 0. The summed E-state index contributed by atoms with van der Waals surface area (Å²) in [5.74, 6) is 0. The van der Waals surface area contributed by atoms with Gasteiger partial charge in [-0.1, -0.05) is 0 Å². The van der Waals surface area contributed by atoms with Gasteiger partial charge in [-0.3, -0.25) is 0 Å². The van der Waals surface area contributed by atoms with Crippen LogP contribution in [-0.4, -0.2) is 0 Å². The molecular formula is C13H9Cl2Zr. The molecule has 0 nitrogen and oxygen atoms in total. The molecule has 1 aliphatic carbocycles. The summed E-state index contributed by atoms with van der Waals surface area (Å²) in [4.78, 5) is 0. The van der Waals surface area contributed by atoms with E-state index >= 15 is 0 Å². The van der Waals surface area contributed by atoms with E-state index in [1.54, 1.807) is 24.7 Å². The van der Waals surface area contributed by atoms with Crippen LogP contribution in [0.2, 0.25) is 0 Å². The second kappa shape index (κ2) is 5.49. The molecule has 0 aliphatic heterocycles. The predicted octanol–water partition coefficient (Wildman–Crippen LogP) is -2.54. The first kappa shape index (κ1) is 14.0. The van der Waals surface area contributed by atoms with Crippen molar-refractivity contribution in [3.05, 3.63) is 53.6 Å². The summed E-state index contributed by atoms with van der Waals surface area (Å²) in [7, 11) is 0. The summed E-state index contributed by atoms with van der Waals surface area (Å²) in [5, 5.41) is 2.74. The van der Waals surface area contributed by atoms with Crippen LogP contribution in [0, 0.1) is 0 Å². The molecule has 0 fully saturated rings. The van der Waals surface area contributed by atoms with Crippen molar-refractivity contribution in [2.75, 3.05) is 0 Å². The summed E-state index contributed by atoms with van der Waals surface area (Å²) in [5.41, 5.74) is 2.94. The van der Waals surface area contributed by atoms with Gasteiger partial charge in [-0.25, -0.2) is 0 Å². The molecule has 3 heteroatoms. The van der Waals surface area contributed by atoms with E-state index in [-0.39, 0.29) is 24.8 Å². The molecule has 1 aliphatic rings. The molecule has 79 valence electrons. The normalized spacial score (nSPS) is 16.5. The van der Waals surface area contributed by atoms with E-state index < -0.39 is 0 Å². The third-order valence-corrected chi connectivity index (χ3v) is 4.03. The second-order valence-electron chi connectivity index (χ2n) is 3.63. The van der Waals surface area contributed by atoms with Crippen LogP contribution < -0.4 is 24.8 Å². The third-order valence-electron chi connectivity index (χ3n) is 2.79. The van der Waals surface area contributed by atoms with Crippen molar-refractivity contribution in [3.8, 4) is 0 Å². The number of fused-ring (bicyclic) bond motifs is 3. The van der Waals surface area contributed by atoms with Crippen molar-refractivity contribution in [3.63, 3.8) is 0 Å². The Hall–Kier alpha value is -0.0969. The van der Waals surface area contributed by atoms with E-state index in [9.17, 15) is 0 Å². The van der Waals surface area contributed by atoms with Gasteiger partial charge in [-0.2, -0.15) is 0 Å². The molecular weight excluding hydrogens is 318 g/mol. The molecule has 2 aromatic carbocycles. The minimum atomic E-state index is 0. The van der Waals surface area contributed by atoms with E-state index in [2.05, 4.69) is 48.6 Å². The van der Waals surface area contributed by atoms with Crippen LogP contribution >= 0.6 is 0 Å². The van der Waals surface area contributed by atoms with Crippen LogP contribution in [0.25, 0.3) is 16.8 Å². The first-order valence-corrected chi connectivity index (χ1v) is 6.19. The minimum absolute atomic E-state index is 0. The zero-order valence-electron chi connectivity index (χ0n) is 8.45. The van der Waals surface area contributed by atoms with Gasteiger partial charge in [0.15, 0.2) is 0 Å². The first-order valence-electron chi connectivity index (χ1n) is 4.77. The Morgan fingerprint density at radius 3 is 2.50 bits per heavy atom. The second-order valence-corrected chi connectivity index (χ2v) is 5.16. The van der Waals surface area contributed by atoms with E-state index in [4.69, 9.17) is 0 Å². The Labute approximate surface area is 123 Å². The molecule has 3 rings (SSSR count). The summed E-state index contributed by atoms with van der Waals surface area (Å²) in [6.45, 7) is 0. The van der Waals surface area contributed by atoms with Gasteiger partial charge in [-0.05, 0) is 0 Å². The van der Waals surface area contributed by atoms with Crippen molar-refractivity contribution in [1.82, 2.24) is 0 Å². The van der Waals surface area contributed by atoms with Gasteiger partial charge >= 0.3 is 98.8 Å². The van der Waals surface area contributed by atoms with E-state index in [1.165, 1.54) is 21.9 Å². The van der Waals surface area contributed by atoms with Gasteiger partial charge in [-0.15, -0.1) is 0 Å². The monoisotopic (exact) mass is 325 g/mol. The van der Waals surface area contributed by atoms with E-state index in [0.717, 1.165) is 0 Å². The van der Waals surface area contributed by atoms with Crippen LogP contribution in [-0.2, 0) is 24.7 Å². The molecule has 2 aromatic rings. The fourth-order valence-electron chi connectivity index (χ4n) is 2.07. The molecule has 0 spiro atoms. The van der Waals surface area contributed by atoms with Gasteiger partial charge in [0.1, 0.15) is 0 Å². The number of hydrogen-bond donors (Lipinski definition) is 0. The summed E-state index contributed by atoms with van der Waals surface area (Å²) < 4.78 is 0.668. The quantitative estimate of drug-likeness (QED) is 0.500. The first-order chi connectivity index (χ1) is 6.86. The SMILES string of the molecule is [Cl-].[Cl-].[Zr+2][CH]1C=Cc2c1ccc1ccccc21. The van der Waals surface area contributed by atoms with Gasteiger partial charge in [0.05, 0.1) is 0 Å². The molecule has 0 amide bonds. The van der Waals surface area contributed by atoms with Crippen molar-refractivity contribution in [2.45, 2.75) is 3.63 Å². The molecule has 16 heavy (non-hydrogen) atoms. The van der Waals surface area contributed by atoms with Crippen LogP contribution in [0.4, 0.5) is 0 Å². The molecule has 0 saturated heterocycles. The number of halogens is 2. The summed E-state index contributed by atoms with van der Waals surface area (Å²) >= 11 is 1.58. The van der Waals surface area contributed by atoms with Gasteiger partial charge in [0, 0.05) is 0 Å².